The molecule has 0 radical (unpaired) electrons. The van der Waals surface area contributed by atoms with E-state index in [4.69, 9.17) is 17.3 Å². The Kier molecular flexibility index (Phi) is 12.3. The summed E-state index contributed by atoms with van der Waals surface area (Å²) >= 11 is 6.49. The molecule has 4 N–H and O–H groups in total. The third-order valence-corrected chi connectivity index (χ3v) is 20.4. The summed E-state index contributed by atoms with van der Waals surface area (Å²) in [7, 11) is 0. The number of halogens is 5. The molecule has 7 heterocycles. The molecule has 2 spiro atoms. The number of primary amides is 1. The lowest BCUT2D eigenvalue weighted by molar-refractivity contribution is -0.160. The number of carbonyl (C=O) groups is 5. The van der Waals surface area contributed by atoms with Gasteiger partial charge in [0.2, 0.25) is 23.6 Å². The number of piperazine rings is 1. The van der Waals surface area contributed by atoms with E-state index in [1.54, 1.807) is 17.0 Å². The Morgan fingerprint density at radius 2 is 1.59 bits per heavy atom. The standard InChI is InChI=1S/C57H68ClF4N9O5/c1-52(2,3)29-43-56(32-65-40-26-42(57(60,61)62)64-30-38(40)56)45(37-5-4-6-39(58)46(37)59)47(48(63)73)71(43)55-14-11-54(12-15-55,13-16-55)51(76)69-23-21-68(22-24-69)35-27-53(28-35)17-19-67(20-18-53)34-7-8-36-33(25-34)31-70(50(36)75)41-9-10-44(72)66-49(41)74/h4-8,25-26,30,35,41,43,45,47,65H,9-24,27-29,31-32H2,1-3H3,(H2,63,73)(H,66,72,74)/t41?,43-,45-,47+,54?,55?,56-/m0/s1. The Morgan fingerprint density at radius 1 is 0.895 bits per heavy atom. The summed E-state index contributed by atoms with van der Waals surface area (Å²) in [5, 5.41) is 5.53. The molecule has 5 amide bonds. The van der Waals surface area contributed by atoms with Crippen molar-refractivity contribution in [2.24, 2.45) is 22.0 Å². The molecule has 4 aliphatic carbocycles. The van der Waals surface area contributed by atoms with E-state index >= 15 is 4.39 Å². The van der Waals surface area contributed by atoms with Gasteiger partial charge in [-0.15, -0.1) is 0 Å². The predicted molar refractivity (Wildman–Crippen MR) is 277 cm³/mol. The van der Waals surface area contributed by atoms with Crippen LogP contribution in [0.1, 0.15) is 143 Å². The van der Waals surface area contributed by atoms with Gasteiger partial charge in [0.25, 0.3) is 5.91 Å². The first-order chi connectivity index (χ1) is 36.0. The quantitative estimate of drug-likeness (QED) is 0.150. The molecule has 3 aromatic rings. The van der Waals surface area contributed by atoms with Gasteiger partial charge in [0.15, 0.2) is 0 Å². The highest BCUT2D eigenvalue weighted by molar-refractivity contribution is 6.30. The van der Waals surface area contributed by atoms with Crippen LogP contribution in [0.2, 0.25) is 5.02 Å². The molecule has 2 aromatic carbocycles. The minimum Gasteiger partial charge on any atom is -0.384 e. The van der Waals surface area contributed by atoms with E-state index in [2.05, 4.69) is 62.1 Å². The summed E-state index contributed by atoms with van der Waals surface area (Å²) < 4.78 is 59.1. The van der Waals surface area contributed by atoms with Crippen LogP contribution in [0.25, 0.3) is 0 Å². The molecule has 406 valence electrons. The number of amides is 5. The number of alkyl halides is 3. The summed E-state index contributed by atoms with van der Waals surface area (Å²) in [6.07, 6.45) is 5.82. The van der Waals surface area contributed by atoms with Gasteiger partial charge in [0.1, 0.15) is 17.6 Å². The van der Waals surface area contributed by atoms with Gasteiger partial charge >= 0.3 is 6.18 Å². The molecule has 4 saturated carbocycles. The SMILES string of the molecule is CC(C)(C)C[C@@H]1N(C23CCC(C(=O)N4CCN(C5CC6(CCN(c7ccc8c(c7)CN(C7CCC(=O)NC7=O)C8=O)CC6)C5)CC4)(CC2)CC3)[C@@H](C(N)=O)[C@H](c2cccc(Cl)c2F)[C@]12CNc1cc(C(F)(F)F)ncc12. The Labute approximate surface area is 445 Å². The molecule has 76 heavy (non-hydrogen) atoms. The van der Waals surface area contributed by atoms with Crippen LogP contribution in [0.4, 0.5) is 28.9 Å². The molecule has 19 heteroatoms. The lowest BCUT2D eigenvalue weighted by atomic mass is 9.55. The third-order valence-electron chi connectivity index (χ3n) is 20.1. The molecule has 6 aliphatic heterocycles. The van der Waals surface area contributed by atoms with Crippen LogP contribution in [-0.4, -0.2) is 130 Å². The molecular formula is C57H68ClF4N9O5. The third kappa shape index (κ3) is 8.21. The number of nitrogens with one attached hydrogen (secondary N) is 2. The maximum absolute atomic E-state index is 16.6. The number of likely N-dealkylation sites (tertiary alicyclic amines) is 1. The number of anilines is 2. The van der Waals surface area contributed by atoms with Crippen molar-refractivity contribution in [3.63, 3.8) is 0 Å². The second kappa shape index (κ2) is 18.1. The summed E-state index contributed by atoms with van der Waals surface area (Å²) in [5.41, 5.74) is 6.75. The van der Waals surface area contributed by atoms with Crippen molar-refractivity contribution in [2.45, 2.75) is 158 Å². The summed E-state index contributed by atoms with van der Waals surface area (Å²) in [5.74, 6) is -2.92. The normalized spacial score (nSPS) is 31.7. The Hall–Kier alpha value is -5.33. The van der Waals surface area contributed by atoms with E-state index in [9.17, 15) is 37.1 Å². The first-order valence-corrected chi connectivity index (χ1v) is 27.8. The summed E-state index contributed by atoms with van der Waals surface area (Å²) in [6, 6.07) is 10.0. The second-order valence-corrected chi connectivity index (χ2v) is 25.7. The number of hydrogen-bond donors (Lipinski definition) is 3. The number of carbonyl (C=O) groups excluding carboxylic acids is 5. The van der Waals surface area contributed by atoms with Gasteiger partial charge in [-0.2, -0.15) is 13.2 Å². The van der Waals surface area contributed by atoms with E-state index in [0.29, 0.717) is 93.6 Å². The van der Waals surface area contributed by atoms with Crippen molar-refractivity contribution in [1.29, 1.82) is 0 Å². The zero-order chi connectivity index (χ0) is 53.5. The van der Waals surface area contributed by atoms with Crippen LogP contribution < -0.4 is 21.3 Å². The van der Waals surface area contributed by atoms with Gasteiger partial charge in [-0.3, -0.25) is 44.1 Å². The van der Waals surface area contributed by atoms with E-state index in [-0.39, 0.29) is 52.4 Å². The van der Waals surface area contributed by atoms with E-state index in [1.165, 1.54) is 12.3 Å². The second-order valence-electron chi connectivity index (χ2n) is 25.3. The summed E-state index contributed by atoms with van der Waals surface area (Å²) in [4.78, 5) is 81.7. The number of piperidine rings is 2. The van der Waals surface area contributed by atoms with Gasteiger partial charge in [-0.1, -0.05) is 44.5 Å². The minimum atomic E-state index is -4.69. The minimum absolute atomic E-state index is 0.123. The highest BCUT2D eigenvalue weighted by Gasteiger charge is 2.70. The van der Waals surface area contributed by atoms with Crippen molar-refractivity contribution in [3.05, 3.63) is 87.4 Å². The highest BCUT2D eigenvalue weighted by atomic mass is 35.5. The summed E-state index contributed by atoms with van der Waals surface area (Å²) in [6.45, 7) is 11.6. The van der Waals surface area contributed by atoms with Crippen molar-refractivity contribution in [2.75, 3.05) is 56.0 Å². The van der Waals surface area contributed by atoms with Crippen molar-refractivity contribution in [3.8, 4) is 0 Å². The highest BCUT2D eigenvalue weighted by Crippen LogP contribution is 2.66. The molecule has 5 atom stereocenters. The van der Waals surface area contributed by atoms with Crippen LogP contribution in [0.3, 0.4) is 0 Å². The van der Waals surface area contributed by atoms with Gasteiger partial charge in [0.05, 0.1) is 11.1 Å². The fourth-order valence-corrected chi connectivity index (χ4v) is 16.4. The smallest absolute Gasteiger partial charge is 0.384 e. The lowest BCUT2D eigenvalue weighted by Gasteiger charge is -2.60. The number of nitrogens with zero attached hydrogens (tertiary/aromatic N) is 6. The lowest BCUT2D eigenvalue weighted by Crippen LogP contribution is -2.66. The number of rotatable bonds is 8. The van der Waals surface area contributed by atoms with Crippen LogP contribution in [0, 0.1) is 22.1 Å². The van der Waals surface area contributed by atoms with Crippen LogP contribution in [-0.2, 0) is 37.3 Å². The van der Waals surface area contributed by atoms with E-state index < -0.39 is 69.9 Å². The number of fused-ring (bicyclic) bond motifs is 6. The molecule has 13 rings (SSSR count). The van der Waals surface area contributed by atoms with Gasteiger partial charge in [-0.25, -0.2) is 4.39 Å². The van der Waals surface area contributed by atoms with E-state index in [0.717, 1.165) is 69.2 Å². The monoisotopic (exact) mass is 1070 g/mol. The van der Waals surface area contributed by atoms with Crippen LogP contribution in [0.15, 0.2) is 48.7 Å². The zero-order valence-corrected chi connectivity index (χ0v) is 44.3. The topological polar surface area (TPSA) is 165 Å². The maximum atomic E-state index is 16.6. The fraction of sp³-hybridized carbons (Fsp3) is 0.614. The van der Waals surface area contributed by atoms with Gasteiger partial charge < -0.3 is 25.8 Å². The molecular weight excluding hydrogens is 1000 g/mol. The van der Waals surface area contributed by atoms with Crippen LogP contribution in [0.5, 0.6) is 0 Å². The van der Waals surface area contributed by atoms with Crippen LogP contribution >= 0.6 is 11.6 Å². The Bertz CT molecular complexity index is 2880. The molecule has 4 saturated heterocycles. The molecule has 1 aromatic heterocycles. The number of benzene rings is 2. The average molecular weight is 1070 g/mol. The predicted octanol–water partition coefficient (Wildman–Crippen LogP) is 7.76. The number of nitrogens with two attached hydrogens (primary N) is 1. The van der Waals surface area contributed by atoms with Gasteiger partial charge in [-0.05, 0) is 129 Å². The zero-order valence-electron chi connectivity index (χ0n) is 43.5. The Morgan fingerprint density at radius 3 is 2.24 bits per heavy atom. The maximum Gasteiger partial charge on any atom is 0.433 e. The largest absolute Gasteiger partial charge is 0.433 e. The number of pyridine rings is 1. The first kappa shape index (κ1) is 51.4. The van der Waals surface area contributed by atoms with E-state index in [1.807, 2.05) is 12.1 Å². The molecule has 2 bridgehead atoms. The van der Waals surface area contributed by atoms with Crippen molar-refractivity contribution >= 4 is 52.5 Å². The van der Waals surface area contributed by atoms with Gasteiger partial charge in [0, 0.05) is 122 Å². The number of hydrogen-bond acceptors (Lipinski definition) is 10. The Balaban J connectivity index is 0.705. The average Bonchev–Trinajstić information content (AvgIpc) is 4.17. The number of aromatic nitrogens is 1. The van der Waals surface area contributed by atoms with Crippen molar-refractivity contribution < 1.29 is 41.5 Å². The van der Waals surface area contributed by atoms with Crippen molar-refractivity contribution in [1.82, 2.24) is 29.9 Å². The first-order valence-electron chi connectivity index (χ1n) is 27.4. The fourth-order valence-electron chi connectivity index (χ4n) is 16.2. The molecule has 8 fully saturated rings. The molecule has 1 unspecified atom stereocenters. The molecule has 10 aliphatic rings. The number of imide groups is 1. The molecule has 14 nitrogen and oxygen atoms in total.